The van der Waals surface area contributed by atoms with Crippen LogP contribution in [0.25, 0.3) is 0 Å². The highest BCUT2D eigenvalue weighted by Gasteiger charge is 2.08. The molecule has 4 nitrogen and oxygen atoms in total. The van der Waals surface area contributed by atoms with E-state index in [1.54, 1.807) is 6.92 Å². The summed E-state index contributed by atoms with van der Waals surface area (Å²) in [5, 5.41) is 0. The molecule has 0 aromatic rings. The van der Waals surface area contributed by atoms with E-state index in [4.69, 9.17) is 5.73 Å². The van der Waals surface area contributed by atoms with Crippen molar-refractivity contribution in [1.82, 2.24) is 0 Å². The number of rotatable bonds is 3. The lowest BCUT2D eigenvalue weighted by Gasteiger charge is -1.99. The fraction of sp³-hybridized carbons (Fsp3) is 0.375. The van der Waals surface area contributed by atoms with Crippen LogP contribution < -0.4 is 5.73 Å². The van der Waals surface area contributed by atoms with Gasteiger partial charge in [-0.1, -0.05) is 6.08 Å². The molecule has 0 rings (SSSR count). The SMILES string of the molecule is C/C=C(\C=C(/C)C(N)=O)S(C)(=O)=O. The van der Waals surface area contributed by atoms with Gasteiger partial charge in [-0.2, -0.15) is 0 Å². The fourth-order valence-electron chi connectivity index (χ4n) is 0.689. The van der Waals surface area contributed by atoms with Gasteiger partial charge in [0, 0.05) is 11.8 Å². The summed E-state index contributed by atoms with van der Waals surface area (Å²) in [7, 11) is -3.27. The minimum atomic E-state index is -3.27. The number of carbonyl (C=O) groups excluding carboxylic acids is 1. The quantitative estimate of drug-likeness (QED) is 0.531. The van der Waals surface area contributed by atoms with Gasteiger partial charge in [-0.05, 0) is 19.9 Å². The van der Waals surface area contributed by atoms with Crippen molar-refractivity contribution in [3.8, 4) is 0 Å². The standard InChI is InChI=1S/C8H13NO3S/c1-4-7(13(3,11)12)5-6(2)8(9)10/h4-5H,1-3H3,(H2,9,10)/b6-5+,7-4+. The molecular weight excluding hydrogens is 190 g/mol. The van der Waals surface area contributed by atoms with Gasteiger partial charge in [-0.15, -0.1) is 0 Å². The lowest BCUT2D eigenvalue weighted by atomic mass is 10.2. The summed E-state index contributed by atoms with van der Waals surface area (Å²) in [6.45, 7) is 3.05. The third kappa shape index (κ3) is 3.89. The van der Waals surface area contributed by atoms with E-state index >= 15 is 0 Å². The molecule has 2 N–H and O–H groups in total. The van der Waals surface area contributed by atoms with Crippen molar-refractivity contribution in [1.29, 1.82) is 0 Å². The maximum Gasteiger partial charge on any atom is 0.244 e. The molecule has 0 unspecified atom stereocenters. The second-order valence-corrected chi connectivity index (χ2v) is 4.67. The van der Waals surface area contributed by atoms with Crippen LogP contribution in [0.3, 0.4) is 0 Å². The van der Waals surface area contributed by atoms with Crippen molar-refractivity contribution in [2.75, 3.05) is 6.26 Å². The molecule has 1 amide bonds. The molecule has 0 fully saturated rings. The van der Waals surface area contributed by atoms with E-state index in [0.29, 0.717) is 0 Å². The zero-order valence-electron chi connectivity index (χ0n) is 7.87. The van der Waals surface area contributed by atoms with E-state index in [-0.39, 0.29) is 10.5 Å². The van der Waals surface area contributed by atoms with Crippen LogP contribution in [-0.4, -0.2) is 20.6 Å². The third-order valence-corrected chi connectivity index (χ3v) is 2.67. The van der Waals surface area contributed by atoms with Gasteiger partial charge in [-0.3, -0.25) is 4.79 Å². The van der Waals surface area contributed by atoms with E-state index in [2.05, 4.69) is 0 Å². The summed E-state index contributed by atoms with van der Waals surface area (Å²) in [4.78, 5) is 10.7. The molecule has 0 bridgehead atoms. The molecule has 0 radical (unpaired) electrons. The lowest BCUT2D eigenvalue weighted by molar-refractivity contribution is -0.114. The van der Waals surface area contributed by atoms with E-state index < -0.39 is 15.7 Å². The molecule has 0 aliphatic rings. The van der Waals surface area contributed by atoms with Gasteiger partial charge < -0.3 is 5.73 Å². The number of hydrogen-bond acceptors (Lipinski definition) is 3. The van der Waals surface area contributed by atoms with Crippen LogP contribution in [0.15, 0.2) is 22.6 Å². The Bertz CT molecular complexity index is 363. The first-order valence-corrected chi connectivity index (χ1v) is 5.52. The molecule has 0 atom stereocenters. The maximum absolute atomic E-state index is 11.1. The van der Waals surface area contributed by atoms with Crippen LogP contribution >= 0.6 is 0 Å². The Morgan fingerprint density at radius 1 is 1.38 bits per heavy atom. The molecule has 0 spiro atoms. The summed E-state index contributed by atoms with van der Waals surface area (Å²) in [6, 6.07) is 0. The Balaban J connectivity index is 5.11. The van der Waals surface area contributed by atoms with Crippen molar-refractivity contribution >= 4 is 15.7 Å². The fourth-order valence-corrected chi connectivity index (χ4v) is 1.51. The average Bonchev–Trinajstić information content (AvgIpc) is 1.96. The Kier molecular flexibility index (Phi) is 3.87. The predicted molar refractivity (Wildman–Crippen MR) is 51.6 cm³/mol. The Morgan fingerprint density at radius 3 is 2.08 bits per heavy atom. The second kappa shape index (κ2) is 4.23. The number of primary amides is 1. The second-order valence-electron chi connectivity index (χ2n) is 2.65. The molecule has 0 aromatic heterocycles. The molecule has 5 heteroatoms. The Labute approximate surface area is 78.0 Å². The van der Waals surface area contributed by atoms with Gasteiger partial charge in [0.05, 0.1) is 4.91 Å². The number of sulfone groups is 1. The zero-order valence-corrected chi connectivity index (χ0v) is 8.68. The zero-order chi connectivity index (χ0) is 10.6. The summed E-state index contributed by atoms with van der Waals surface area (Å²) in [5.41, 5.74) is 5.17. The monoisotopic (exact) mass is 203 g/mol. The van der Waals surface area contributed by atoms with E-state index in [0.717, 1.165) is 6.26 Å². The van der Waals surface area contributed by atoms with Crippen molar-refractivity contribution in [3.63, 3.8) is 0 Å². The van der Waals surface area contributed by atoms with Crippen LogP contribution in [-0.2, 0) is 14.6 Å². The Morgan fingerprint density at radius 2 is 1.85 bits per heavy atom. The van der Waals surface area contributed by atoms with Crippen LogP contribution in [0.2, 0.25) is 0 Å². The first-order chi connectivity index (χ1) is 5.79. The number of nitrogens with two attached hydrogens (primary N) is 1. The molecule has 0 saturated carbocycles. The topological polar surface area (TPSA) is 77.2 Å². The van der Waals surface area contributed by atoms with Crippen LogP contribution in [0.1, 0.15) is 13.8 Å². The highest BCUT2D eigenvalue weighted by atomic mass is 32.2. The van der Waals surface area contributed by atoms with Crippen LogP contribution in [0.5, 0.6) is 0 Å². The summed E-state index contributed by atoms with van der Waals surface area (Å²) in [5.74, 6) is -0.622. The number of amides is 1. The first kappa shape index (κ1) is 11.9. The van der Waals surface area contributed by atoms with Crippen LogP contribution in [0.4, 0.5) is 0 Å². The molecule has 0 heterocycles. The number of carbonyl (C=O) groups is 1. The van der Waals surface area contributed by atoms with Crippen molar-refractivity contribution < 1.29 is 13.2 Å². The van der Waals surface area contributed by atoms with E-state index in [1.165, 1.54) is 19.1 Å². The third-order valence-electron chi connectivity index (χ3n) is 1.46. The molecular formula is C8H13NO3S. The molecule has 0 aliphatic carbocycles. The molecule has 0 aromatic carbocycles. The number of hydrogen-bond donors (Lipinski definition) is 1. The highest BCUT2D eigenvalue weighted by molar-refractivity contribution is 7.94. The smallest absolute Gasteiger partial charge is 0.244 e. The Hall–Kier alpha value is -1.10. The van der Waals surface area contributed by atoms with Gasteiger partial charge in [0.2, 0.25) is 5.91 Å². The predicted octanol–water partition coefficient (Wildman–Crippen LogP) is 0.366. The summed E-state index contributed by atoms with van der Waals surface area (Å²) >= 11 is 0. The molecule has 0 saturated heterocycles. The van der Waals surface area contributed by atoms with E-state index in [9.17, 15) is 13.2 Å². The van der Waals surface area contributed by atoms with Crippen molar-refractivity contribution in [2.45, 2.75) is 13.8 Å². The molecule has 74 valence electrons. The first-order valence-electron chi connectivity index (χ1n) is 3.63. The molecule has 0 aliphatic heterocycles. The summed E-state index contributed by atoms with van der Waals surface area (Å²) in [6.07, 6.45) is 3.76. The van der Waals surface area contributed by atoms with Gasteiger partial charge in [0.25, 0.3) is 0 Å². The average molecular weight is 203 g/mol. The van der Waals surface area contributed by atoms with Gasteiger partial charge in [0.1, 0.15) is 0 Å². The van der Waals surface area contributed by atoms with E-state index in [1.807, 2.05) is 0 Å². The molecule has 13 heavy (non-hydrogen) atoms. The maximum atomic E-state index is 11.1. The van der Waals surface area contributed by atoms with Gasteiger partial charge in [-0.25, -0.2) is 8.42 Å². The minimum Gasteiger partial charge on any atom is -0.366 e. The van der Waals surface area contributed by atoms with Gasteiger partial charge in [0.15, 0.2) is 9.84 Å². The minimum absolute atomic E-state index is 0.101. The van der Waals surface area contributed by atoms with Crippen molar-refractivity contribution in [2.24, 2.45) is 5.73 Å². The normalized spacial score (nSPS) is 14.4. The summed E-state index contributed by atoms with van der Waals surface area (Å²) < 4.78 is 22.1. The van der Waals surface area contributed by atoms with Gasteiger partial charge >= 0.3 is 0 Å². The lowest BCUT2D eigenvalue weighted by Crippen LogP contribution is -2.12. The van der Waals surface area contributed by atoms with Crippen LogP contribution in [0, 0.1) is 0 Å². The van der Waals surface area contributed by atoms with Crippen molar-refractivity contribution in [3.05, 3.63) is 22.6 Å². The highest BCUT2D eigenvalue weighted by Crippen LogP contribution is 2.08. The number of allylic oxidation sites excluding steroid dienone is 2. The largest absolute Gasteiger partial charge is 0.366 e.